The van der Waals surface area contributed by atoms with Gasteiger partial charge in [-0.2, -0.15) is 0 Å². The van der Waals surface area contributed by atoms with Crippen molar-refractivity contribution in [1.82, 2.24) is 0 Å². The number of hydrogen-bond acceptors (Lipinski definition) is 3. The quantitative estimate of drug-likeness (QED) is 0.596. The standard InChI is InChI=1S/C7H8O2.C6H6O/c1-5-4-6(8)2-3-7(5)9;7-6-4-2-1-3-5-6/h2-4,8-9H,1H3;1-5,7H. The lowest BCUT2D eigenvalue weighted by atomic mass is 10.2. The molecule has 3 N–H and O–H groups in total. The highest BCUT2D eigenvalue weighted by Crippen LogP contribution is 2.19. The van der Waals surface area contributed by atoms with Gasteiger partial charge in [-0.05, 0) is 42.8 Å². The minimum absolute atomic E-state index is 0.185. The fourth-order valence-corrected chi connectivity index (χ4v) is 1.07. The largest absolute Gasteiger partial charge is 0.508 e. The zero-order valence-electron chi connectivity index (χ0n) is 8.96. The summed E-state index contributed by atoms with van der Waals surface area (Å²) in [5.41, 5.74) is 0.690. The predicted molar refractivity (Wildman–Crippen MR) is 62.6 cm³/mol. The maximum atomic E-state index is 8.93. The number of rotatable bonds is 0. The zero-order chi connectivity index (χ0) is 12.0. The Hall–Kier alpha value is -2.16. The van der Waals surface area contributed by atoms with Crippen LogP contribution >= 0.6 is 0 Å². The van der Waals surface area contributed by atoms with E-state index in [1.165, 1.54) is 18.2 Å². The zero-order valence-corrected chi connectivity index (χ0v) is 8.96. The number of para-hydroxylation sites is 1. The third kappa shape index (κ3) is 3.92. The molecule has 0 saturated heterocycles. The normalized spacial score (nSPS) is 9.06. The van der Waals surface area contributed by atoms with E-state index in [0.717, 1.165) is 0 Å². The highest BCUT2D eigenvalue weighted by Gasteiger charge is 1.93. The van der Waals surface area contributed by atoms with E-state index >= 15 is 0 Å². The van der Waals surface area contributed by atoms with Gasteiger partial charge in [0.1, 0.15) is 17.2 Å². The van der Waals surface area contributed by atoms with Crippen LogP contribution in [0, 0.1) is 6.92 Å². The summed E-state index contributed by atoms with van der Waals surface area (Å²) in [6.45, 7) is 1.73. The molecule has 3 nitrogen and oxygen atoms in total. The van der Waals surface area contributed by atoms with Crippen molar-refractivity contribution >= 4 is 0 Å². The number of phenolic OH excluding ortho intramolecular Hbond substituents is 3. The summed E-state index contributed by atoms with van der Waals surface area (Å²) in [5.74, 6) is 0.723. The summed E-state index contributed by atoms with van der Waals surface area (Å²) in [6.07, 6.45) is 0. The first kappa shape index (κ1) is 11.9. The van der Waals surface area contributed by atoms with Gasteiger partial charge >= 0.3 is 0 Å². The van der Waals surface area contributed by atoms with Crippen LogP contribution in [0.3, 0.4) is 0 Å². The molecule has 0 spiro atoms. The van der Waals surface area contributed by atoms with E-state index in [1.807, 2.05) is 6.07 Å². The molecule has 2 rings (SSSR count). The summed E-state index contributed by atoms with van der Waals surface area (Å²) in [4.78, 5) is 0. The third-order valence-corrected chi connectivity index (χ3v) is 1.94. The van der Waals surface area contributed by atoms with Crippen molar-refractivity contribution in [1.29, 1.82) is 0 Å². The smallest absolute Gasteiger partial charge is 0.118 e. The second kappa shape index (κ2) is 5.66. The number of aryl methyl sites for hydroxylation is 1. The monoisotopic (exact) mass is 218 g/mol. The molecule has 2 aromatic rings. The topological polar surface area (TPSA) is 60.7 Å². The molecule has 16 heavy (non-hydrogen) atoms. The maximum Gasteiger partial charge on any atom is 0.118 e. The van der Waals surface area contributed by atoms with Gasteiger partial charge in [-0.3, -0.25) is 0 Å². The van der Waals surface area contributed by atoms with Gasteiger partial charge in [0.15, 0.2) is 0 Å². The van der Waals surface area contributed by atoms with Crippen molar-refractivity contribution in [3.8, 4) is 17.2 Å². The summed E-state index contributed by atoms with van der Waals surface area (Å²) < 4.78 is 0. The lowest BCUT2D eigenvalue weighted by Crippen LogP contribution is -1.71. The number of aromatic hydroxyl groups is 3. The fraction of sp³-hybridized carbons (Fsp3) is 0.0769. The van der Waals surface area contributed by atoms with E-state index in [9.17, 15) is 0 Å². The van der Waals surface area contributed by atoms with Crippen LogP contribution in [-0.2, 0) is 0 Å². The van der Waals surface area contributed by atoms with Gasteiger partial charge in [-0.25, -0.2) is 0 Å². The molecular weight excluding hydrogens is 204 g/mol. The van der Waals surface area contributed by atoms with Gasteiger partial charge in [-0.15, -0.1) is 0 Å². The van der Waals surface area contributed by atoms with Crippen molar-refractivity contribution in [3.63, 3.8) is 0 Å². The van der Waals surface area contributed by atoms with Crippen molar-refractivity contribution in [2.24, 2.45) is 0 Å². The molecule has 84 valence electrons. The van der Waals surface area contributed by atoms with E-state index in [4.69, 9.17) is 15.3 Å². The highest BCUT2D eigenvalue weighted by molar-refractivity contribution is 5.37. The number of benzene rings is 2. The van der Waals surface area contributed by atoms with E-state index in [2.05, 4.69) is 0 Å². The molecule has 0 aliphatic heterocycles. The molecular formula is C13H14O3. The van der Waals surface area contributed by atoms with Crippen LogP contribution in [0.25, 0.3) is 0 Å². The van der Waals surface area contributed by atoms with Crippen LogP contribution < -0.4 is 0 Å². The molecule has 0 saturated carbocycles. The van der Waals surface area contributed by atoms with Crippen LogP contribution in [0.2, 0.25) is 0 Å². The number of hydrogen-bond donors (Lipinski definition) is 3. The molecule has 0 heterocycles. The Kier molecular flexibility index (Phi) is 4.21. The fourth-order valence-electron chi connectivity index (χ4n) is 1.07. The predicted octanol–water partition coefficient (Wildman–Crippen LogP) is 2.80. The highest BCUT2D eigenvalue weighted by atomic mass is 16.3. The van der Waals surface area contributed by atoms with Crippen LogP contribution in [0.1, 0.15) is 5.56 Å². The van der Waals surface area contributed by atoms with Gasteiger partial charge in [-0.1, -0.05) is 18.2 Å². The molecule has 0 aromatic heterocycles. The molecule has 0 atom stereocenters. The Morgan fingerprint density at radius 3 is 1.75 bits per heavy atom. The lowest BCUT2D eigenvalue weighted by molar-refractivity contribution is 0.456. The summed E-state index contributed by atoms with van der Waals surface area (Å²) >= 11 is 0. The molecule has 2 aromatic carbocycles. The lowest BCUT2D eigenvalue weighted by Gasteiger charge is -1.96. The average Bonchev–Trinajstić information content (AvgIpc) is 2.26. The van der Waals surface area contributed by atoms with E-state index in [-0.39, 0.29) is 11.5 Å². The van der Waals surface area contributed by atoms with Gasteiger partial charge in [0.05, 0.1) is 0 Å². The van der Waals surface area contributed by atoms with E-state index < -0.39 is 0 Å². The Labute approximate surface area is 94.2 Å². The second-order valence-electron chi connectivity index (χ2n) is 3.31. The van der Waals surface area contributed by atoms with Crippen molar-refractivity contribution in [2.45, 2.75) is 6.92 Å². The Morgan fingerprint density at radius 2 is 1.38 bits per heavy atom. The van der Waals surface area contributed by atoms with E-state index in [0.29, 0.717) is 11.3 Å². The molecule has 3 heteroatoms. The first-order valence-corrected chi connectivity index (χ1v) is 4.82. The van der Waals surface area contributed by atoms with Gasteiger partial charge in [0.2, 0.25) is 0 Å². The molecule has 0 fully saturated rings. The Bertz CT molecular complexity index is 438. The molecule has 0 aliphatic rings. The first-order chi connectivity index (χ1) is 7.59. The summed E-state index contributed by atoms with van der Waals surface area (Å²) in [5, 5.41) is 26.4. The minimum Gasteiger partial charge on any atom is -0.508 e. The van der Waals surface area contributed by atoms with Crippen LogP contribution in [0.5, 0.6) is 17.2 Å². The van der Waals surface area contributed by atoms with E-state index in [1.54, 1.807) is 31.2 Å². The molecule has 0 radical (unpaired) electrons. The van der Waals surface area contributed by atoms with Crippen LogP contribution in [0.4, 0.5) is 0 Å². The van der Waals surface area contributed by atoms with Crippen molar-refractivity contribution < 1.29 is 15.3 Å². The third-order valence-electron chi connectivity index (χ3n) is 1.94. The maximum absolute atomic E-state index is 8.93. The van der Waals surface area contributed by atoms with Crippen LogP contribution in [-0.4, -0.2) is 15.3 Å². The summed E-state index contributed by atoms with van der Waals surface area (Å²) in [7, 11) is 0. The van der Waals surface area contributed by atoms with Gasteiger partial charge < -0.3 is 15.3 Å². The average molecular weight is 218 g/mol. The first-order valence-electron chi connectivity index (χ1n) is 4.82. The molecule has 0 unspecified atom stereocenters. The summed E-state index contributed by atoms with van der Waals surface area (Å²) in [6, 6.07) is 13.1. The van der Waals surface area contributed by atoms with Gasteiger partial charge in [0.25, 0.3) is 0 Å². The molecule has 0 amide bonds. The molecule has 0 aliphatic carbocycles. The number of phenols is 3. The Morgan fingerprint density at radius 1 is 0.750 bits per heavy atom. The van der Waals surface area contributed by atoms with Crippen molar-refractivity contribution in [3.05, 3.63) is 54.1 Å². The minimum atomic E-state index is 0.185. The van der Waals surface area contributed by atoms with Gasteiger partial charge in [0, 0.05) is 0 Å². The van der Waals surface area contributed by atoms with Crippen molar-refractivity contribution in [2.75, 3.05) is 0 Å². The SMILES string of the molecule is Cc1cc(O)ccc1O.Oc1ccccc1. The second-order valence-corrected chi connectivity index (χ2v) is 3.31. The van der Waals surface area contributed by atoms with Crippen LogP contribution in [0.15, 0.2) is 48.5 Å². The Balaban J connectivity index is 0.000000165. The molecule has 0 bridgehead atoms.